The molecule has 21 heavy (non-hydrogen) atoms. The first-order chi connectivity index (χ1) is 10.0. The Morgan fingerprint density at radius 2 is 1.95 bits per heavy atom. The zero-order valence-electron chi connectivity index (χ0n) is 10.9. The van der Waals surface area contributed by atoms with Crippen molar-refractivity contribution in [2.24, 2.45) is 0 Å². The molecule has 0 aliphatic heterocycles. The Morgan fingerprint density at radius 3 is 2.76 bits per heavy atom. The van der Waals surface area contributed by atoms with Crippen LogP contribution in [0.25, 0.3) is 10.9 Å². The van der Waals surface area contributed by atoms with Crippen LogP contribution < -0.4 is 0 Å². The number of aromatic nitrogens is 1. The number of H-pyrrole nitrogens is 1. The molecule has 0 saturated carbocycles. The average molecular weight is 409 g/mol. The van der Waals surface area contributed by atoms with Gasteiger partial charge in [-0.25, -0.2) is 0 Å². The van der Waals surface area contributed by atoms with Crippen LogP contribution in [0.1, 0.15) is 16.1 Å². The molecule has 1 heterocycles. The van der Waals surface area contributed by atoms with Gasteiger partial charge < -0.3 is 10.1 Å². The number of para-hydroxylation sites is 1. The number of nitrogens with one attached hydrogen (secondary N) is 1. The number of rotatable bonds is 3. The Labute approximate surface area is 138 Å². The Morgan fingerprint density at radius 1 is 1.14 bits per heavy atom. The molecule has 0 aliphatic carbocycles. The number of hydrogen-bond donors (Lipinski definition) is 2. The molecule has 0 amide bonds. The second-order valence-electron chi connectivity index (χ2n) is 4.76. The lowest BCUT2D eigenvalue weighted by molar-refractivity contribution is 0.0988. The first kappa shape index (κ1) is 14.4. The monoisotopic (exact) mass is 407 g/mol. The molecular formula is C16H11Br2NO2. The fourth-order valence-electron chi connectivity index (χ4n) is 2.22. The van der Waals surface area contributed by atoms with E-state index in [2.05, 4.69) is 36.8 Å². The van der Waals surface area contributed by atoms with Gasteiger partial charge in [-0.1, -0.05) is 34.1 Å². The standard InChI is InChI=1S/C16H11Br2NO2/c17-11-5-4-9-6-14(19-13(9)8-11)15(20)7-10-2-1-3-12(18)16(10)21/h1-6,8,19,21H,7H2. The minimum atomic E-state index is -0.0595. The van der Waals surface area contributed by atoms with E-state index in [1.165, 1.54) is 0 Å². The Hall–Kier alpha value is -1.59. The average Bonchev–Trinajstić information content (AvgIpc) is 2.87. The van der Waals surface area contributed by atoms with Crippen molar-refractivity contribution in [3.8, 4) is 5.75 Å². The first-order valence-corrected chi connectivity index (χ1v) is 7.91. The number of hydrogen-bond acceptors (Lipinski definition) is 2. The fourth-order valence-corrected chi connectivity index (χ4v) is 2.99. The lowest BCUT2D eigenvalue weighted by atomic mass is 10.1. The molecule has 5 heteroatoms. The van der Waals surface area contributed by atoms with E-state index < -0.39 is 0 Å². The number of Topliss-reactive ketones (excluding diaryl/α,β-unsaturated/α-hetero) is 1. The summed E-state index contributed by atoms with van der Waals surface area (Å²) in [6, 6.07) is 12.9. The second kappa shape index (κ2) is 5.66. The number of benzene rings is 2. The predicted molar refractivity (Wildman–Crippen MR) is 89.8 cm³/mol. The van der Waals surface area contributed by atoms with Crippen molar-refractivity contribution in [2.45, 2.75) is 6.42 Å². The van der Waals surface area contributed by atoms with Crippen LogP contribution in [0.4, 0.5) is 0 Å². The van der Waals surface area contributed by atoms with Gasteiger partial charge in [0, 0.05) is 27.4 Å². The summed E-state index contributed by atoms with van der Waals surface area (Å²) in [5.41, 5.74) is 2.06. The van der Waals surface area contributed by atoms with Gasteiger partial charge in [0.2, 0.25) is 0 Å². The second-order valence-corrected chi connectivity index (χ2v) is 6.53. The minimum Gasteiger partial charge on any atom is -0.506 e. The maximum absolute atomic E-state index is 12.4. The molecular weight excluding hydrogens is 398 g/mol. The molecule has 0 atom stereocenters. The van der Waals surface area contributed by atoms with Crippen molar-refractivity contribution in [1.29, 1.82) is 0 Å². The zero-order valence-corrected chi connectivity index (χ0v) is 14.0. The van der Waals surface area contributed by atoms with E-state index in [4.69, 9.17) is 0 Å². The molecule has 2 N–H and O–H groups in total. The summed E-state index contributed by atoms with van der Waals surface area (Å²) < 4.78 is 1.55. The SMILES string of the molecule is O=C(Cc1cccc(Br)c1O)c1cc2ccc(Br)cc2[nH]1. The summed E-state index contributed by atoms with van der Waals surface area (Å²) in [6.07, 6.45) is 0.152. The highest BCUT2D eigenvalue weighted by Gasteiger charge is 2.14. The summed E-state index contributed by atoms with van der Waals surface area (Å²) in [6.45, 7) is 0. The van der Waals surface area contributed by atoms with Gasteiger partial charge >= 0.3 is 0 Å². The van der Waals surface area contributed by atoms with E-state index in [-0.39, 0.29) is 18.0 Å². The number of phenolic OH excluding ortho intramolecular Hbond substituents is 1. The van der Waals surface area contributed by atoms with Crippen LogP contribution in [0.5, 0.6) is 5.75 Å². The molecule has 0 unspecified atom stereocenters. The molecule has 3 aromatic rings. The number of aromatic amines is 1. The number of carbonyl (C=O) groups excluding carboxylic acids is 1. The van der Waals surface area contributed by atoms with Crippen LogP contribution in [0.3, 0.4) is 0 Å². The molecule has 1 aromatic heterocycles. The van der Waals surface area contributed by atoms with E-state index in [0.29, 0.717) is 15.7 Å². The van der Waals surface area contributed by atoms with Crippen molar-refractivity contribution < 1.29 is 9.90 Å². The third-order valence-corrected chi connectivity index (χ3v) is 4.44. The molecule has 3 rings (SSSR count). The van der Waals surface area contributed by atoms with Gasteiger partial charge in [0.05, 0.1) is 10.2 Å². The van der Waals surface area contributed by atoms with Crippen molar-refractivity contribution in [1.82, 2.24) is 4.98 Å². The lowest BCUT2D eigenvalue weighted by Gasteiger charge is -2.04. The molecule has 0 spiro atoms. The Bertz CT molecular complexity index is 839. The van der Waals surface area contributed by atoms with Crippen LogP contribution in [-0.2, 0) is 6.42 Å². The van der Waals surface area contributed by atoms with Crippen molar-refractivity contribution in [2.75, 3.05) is 0 Å². The summed E-state index contributed by atoms with van der Waals surface area (Å²) in [5, 5.41) is 10.9. The normalized spacial score (nSPS) is 11.0. The van der Waals surface area contributed by atoms with Crippen molar-refractivity contribution >= 4 is 48.5 Å². The summed E-state index contributed by atoms with van der Waals surface area (Å²) in [5.74, 6) is 0.0560. The maximum atomic E-state index is 12.4. The van der Waals surface area contributed by atoms with Crippen LogP contribution in [0, 0.1) is 0 Å². The van der Waals surface area contributed by atoms with Gasteiger partial charge in [-0.3, -0.25) is 4.79 Å². The van der Waals surface area contributed by atoms with Crippen molar-refractivity contribution in [3.05, 3.63) is 62.7 Å². The largest absolute Gasteiger partial charge is 0.506 e. The maximum Gasteiger partial charge on any atom is 0.183 e. The van der Waals surface area contributed by atoms with Gasteiger partial charge in [0.25, 0.3) is 0 Å². The fraction of sp³-hybridized carbons (Fsp3) is 0.0625. The summed E-state index contributed by atoms with van der Waals surface area (Å²) in [4.78, 5) is 15.5. The highest BCUT2D eigenvalue weighted by molar-refractivity contribution is 9.10. The minimum absolute atomic E-state index is 0.0595. The molecule has 0 aliphatic rings. The van der Waals surface area contributed by atoms with E-state index in [9.17, 15) is 9.90 Å². The lowest BCUT2D eigenvalue weighted by Crippen LogP contribution is -2.04. The highest BCUT2D eigenvalue weighted by atomic mass is 79.9. The van der Waals surface area contributed by atoms with E-state index in [1.54, 1.807) is 18.2 Å². The smallest absolute Gasteiger partial charge is 0.183 e. The van der Waals surface area contributed by atoms with Gasteiger partial charge in [-0.2, -0.15) is 0 Å². The zero-order chi connectivity index (χ0) is 15.0. The third-order valence-electron chi connectivity index (χ3n) is 3.31. The number of phenols is 1. The molecule has 0 bridgehead atoms. The van der Waals surface area contributed by atoms with E-state index in [1.807, 2.05) is 24.3 Å². The number of aromatic hydroxyl groups is 1. The highest BCUT2D eigenvalue weighted by Crippen LogP contribution is 2.28. The van der Waals surface area contributed by atoms with Crippen LogP contribution in [0.2, 0.25) is 0 Å². The quantitative estimate of drug-likeness (QED) is 0.610. The number of ketones is 1. The van der Waals surface area contributed by atoms with Gasteiger partial charge in [0.15, 0.2) is 5.78 Å². The first-order valence-electron chi connectivity index (χ1n) is 6.32. The van der Waals surface area contributed by atoms with Gasteiger partial charge in [0.1, 0.15) is 5.75 Å². The topological polar surface area (TPSA) is 53.1 Å². The Balaban J connectivity index is 1.91. The molecule has 2 aromatic carbocycles. The van der Waals surface area contributed by atoms with Gasteiger partial charge in [-0.15, -0.1) is 0 Å². The molecule has 0 fully saturated rings. The predicted octanol–water partition coefficient (Wildman–Crippen LogP) is 4.82. The van der Waals surface area contributed by atoms with Crippen LogP contribution in [-0.4, -0.2) is 15.9 Å². The number of halogens is 2. The number of carbonyl (C=O) groups is 1. The molecule has 0 saturated heterocycles. The van der Waals surface area contributed by atoms with Crippen molar-refractivity contribution in [3.63, 3.8) is 0 Å². The molecule has 3 nitrogen and oxygen atoms in total. The third kappa shape index (κ3) is 2.89. The Kier molecular flexibility index (Phi) is 3.87. The van der Waals surface area contributed by atoms with E-state index >= 15 is 0 Å². The summed E-state index contributed by atoms with van der Waals surface area (Å²) in [7, 11) is 0. The summed E-state index contributed by atoms with van der Waals surface area (Å²) >= 11 is 6.66. The molecule has 106 valence electrons. The number of fused-ring (bicyclic) bond motifs is 1. The van der Waals surface area contributed by atoms with E-state index in [0.717, 1.165) is 15.4 Å². The van der Waals surface area contributed by atoms with Crippen LogP contribution in [0.15, 0.2) is 51.4 Å². The van der Waals surface area contributed by atoms with Crippen LogP contribution >= 0.6 is 31.9 Å². The molecule has 0 radical (unpaired) electrons. The van der Waals surface area contributed by atoms with Gasteiger partial charge in [-0.05, 0) is 40.2 Å².